The van der Waals surface area contributed by atoms with Gasteiger partial charge in [0.2, 0.25) is 5.91 Å². The Morgan fingerprint density at radius 2 is 1.90 bits per heavy atom. The predicted molar refractivity (Wildman–Crippen MR) is 86.7 cm³/mol. The molecule has 5 nitrogen and oxygen atoms in total. The molecule has 21 heavy (non-hydrogen) atoms. The second-order valence-electron chi connectivity index (χ2n) is 5.38. The first-order valence-corrected chi connectivity index (χ1v) is 8.07. The van der Waals surface area contributed by atoms with Crippen molar-refractivity contribution in [2.45, 2.75) is 31.7 Å². The monoisotopic (exact) mass is 310 g/mol. The molecule has 0 aromatic heterocycles. The molecule has 0 bridgehead atoms. The molecule has 4 N–H and O–H groups in total. The van der Waals surface area contributed by atoms with E-state index in [1.165, 1.54) is 0 Å². The minimum atomic E-state index is -0.961. The molecule has 1 amide bonds. The van der Waals surface area contributed by atoms with E-state index in [-0.39, 0.29) is 5.91 Å². The van der Waals surface area contributed by atoms with Crippen molar-refractivity contribution in [3.8, 4) is 0 Å². The number of hydrogen-bond donors (Lipinski definition) is 3. The van der Waals surface area contributed by atoms with Gasteiger partial charge in [-0.1, -0.05) is 12.1 Å². The van der Waals surface area contributed by atoms with Crippen molar-refractivity contribution < 1.29 is 14.7 Å². The molecule has 0 unspecified atom stereocenters. The number of aliphatic carboxylic acids is 1. The van der Waals surface area contributed by atoms with Gasteiger partial charge in [-0.05, 0) is 50.0 Å². The maximum atomic E-state index is 11.9. The molecule has 1 atom stereocenters. The van der Waals surface area contributed by atoms with E-state index in [4.69, 9.17) is 5.73 Å². The Balaban J connectivity index is 2.71. The summed E-state index contributed by atoms with van der Waals surface area (Å²) < 4.78 is 0. The highest BCUT2D eigenvalue weighted by atomic mass is 32.2. The quantitative estimate of drug-likeness (QED) is 0.717. The Morgan fingerprint density at radius 3 is 2.38 bits per heavy atom. The lowest BCUT2D eigenvalue weighted by molar-refractivity contribution is -0.142. The third-order valence-electron chi connectivity index (χ3n) is 3.38. The van der Waals surface area contributed by atoms with Crippen molar-refractivity contribution in [1.29, 1.82) is 0 Å². The Bertz CT molecular complexity index is 500. The van der Waals surface area contributed by atoms with Crippen LogP contribution in [-0.2, 0) is 15.0 Å². The molecule has 0 aliphatic rings. The number of amides is 1. The fourth-order valence-electron chi connectivity index (χ4n) is 1.70. The molecule has 0 fully saturated rings. The van der Waals surface area contributed by atoms with Gasteiger partial charge in [0, 0.05) is 5.69 Å². The first-order chi connectivity index (χ1) is 9.78. The molecule has 1 rings (SSSR count). The van der Waals surface area contributed by atoms with Crippen LogP contribution in [0.4, 0.5) is 5.69 Å². The fraction of sp³-hybridized carbons (Fsp3) is 0.467. The van der Waals surface area contributed by atoms with Crippen molar-refractivity contribution in [2.75, 3.05) is 17.3 Å². The zero-order valence-electron chi connectivity index (χ0n) is 12.6. The number of anilines is 1. The van der Waals surface area contributed by atoms with Crippen LogP contribution in [0.25, 0.3) is 0 Å². The highest BCUT2D eigenvalue weighted by Gasteiger charge is 2.29. The molecule has 6 heteroatoms. The van der Waals surface area contributed by atoms with Crippen LogP contribution in [0, 0.1) is 0 Å². The van der Waals surface area contributed by atoms with E-state index in [0.717, 1.165) is 5.75 Å². The Kier molecular flexibility index (Phi) is 6.23. The average molecular weight is 310 g/mol. The first-order valence-electron chi connectivity index (χ1n) is 6.68. The number of carbonyl (C=O) groups is 2. The van der Waals surface area contributed by atoms with E-state index in [2.05, 4.69) is 5.32 Å². The lowest BCUT2D eigenvalue weighted by Gasteiger charge is -2.20. The van der Waals surface area contributed by atoms with Gasteiger partial charge in [-0.15, -0.1) is 0 Å². The largest absolute Gasteiger partial charge is 0.481 e. The molecule has 0 aliphatic carbocycles. The van der Waals surface area contributed by atoms with Crippen LogP contribution in [0.2, 0.25) is 0 Å². The van der Waals surface area contributed by atoms with Gasteiger partial charge in [0.15, 0.2) is 0 Å². The molecule has 116 valence electrons. The number of carboxylic acid groups (broad SMARTS) is 1. The molecule has 1 aromatic carbocycles. The van der Waals surface area contributed by atoms with E-state index < -0.39 is 17.4 Å². The topological polar surface area (TPSA) is 92.4 Å². The van der Waals surface area contributed by atoms with Gasteiger partial charge >= 0.3 is 5.97 Å². The van der Waals surface area contributed by atoms with Crippen molar-refractivity contribution in [3.63, 3.8) is 0 Å². The standard InChI is InChI=1S/C15H22N2O3S/c1-15(2,14(19)20)10-4-6-11(7-5-10)17-13(18)12(16)8-9-21-3/h4-7,12H,8-9,16H2,1-3H3,(H,17,18)(H,19,20)/t12-/m0/s1. The van der Waals surface area contributed by atoms with Crippen LogP contribution in [0.15, 0.2) is 24.3 Å². The van der Waals surface area contributed by atoms with Crippen molar-refractivity contribution in [3.05, 3.63) is 29.8 Å². The molecule has 1 aromatic rings. The summed E-state index contributed by atoms with van der Waals surface area (Å²) in [7, 11) is 0. The lowest BCUT2D eigenvalue weighted by atomic mass is 9.85. The zero-order valence-corrected chi connectivity index (χ0v) is 13.4. The smallest absolute Gasteiger partial charge is 0.313 e. The van der Waals surface area contributed by atoms with E-state index in [1.807, 2.05) is 6.26 Å². The average Bonchev–Trinajstić information content (AvgIpc) is 2.45. The zero-order chi connectivity index (χ0) is 16.0. The Morgan fingerprint density at radius 1 is 1.33 bits per heavy atom. The van der Waals surface area contributed by atoms with Gasteiger partial charge in [0.25, 0.3) is 0 Å². The summed E-state index contributed by atoms with van der Waals surface area (Å²) >= 11 is 1.65. The Hall–Kier alpha value is -1.53. The molecule has 0 saturated heterocycles. The SMILES string of the molecule is CSCC[C@H](N)C(=O)Nc1ccc(C(C)(C)C(=O)O)cc1. The van der Waals surface area contributed by atoms with E-state index in [1.54, 1.807) is 49.9 Å². The summed E-state index contributed by atoms with van der Waals surface area (Å²) in [6, 6.07) is 6.26. The van der Waals surface area contributed by atoms with Gasteiger partial charge < -0.3 is 16.2 Å². The van der Waals surface area contributed by atoms with Gasteiger partial charge in [-0.3, -0.25) is 9.59 Å². The number of nitrogens with two attached hydrogens (primary N) is 1. The highest BCUT2D eigenvalue weighted by Crippen LogP contribution is 2.24. The Labute approximate surface area is 129 Å². The molecule has 0 aliphatic heterocycles. The second kappa shape index (κ2) is 7.47. The number of nitrogens with one attached hydrogen (secondary N) is 1. The molecule has 0 spiro atoms. The summed E-state index contributed by atoms with van der Waals surface area (Å²) in [4.78, 5) is 23.1. The summed E-state index contributed by atoms with van der Waals surface area (Å²) in [5.41, 5.74) is 6.12. The van der Waals surface area contributed by atoms with Crippen LogP contribution < -0.4 is 11.1 Å². The third-order valence-corrected chi connectivity index (χ3v) is 4.02. The summed E-state index contributed by atoms with van der Waals surface area (Å²) in [5, 5.41) is 11.9. The van der Waals surface area contributed by atoms with Crippen LogP contribution in [0.3, 0.4) is 0 Å². The highest BCUT2D eigenvalue weighted by molar-refractivity contribution is 7.98. The summed E-state index contributed by atoms with van der Waals surface area (Å²) in [6.07, 6.45) is 2.59. The van der Waals surface area contributed by atoms with E-state index >= 15 is 0 Å². The van der Waals surface area contributed by atoms with Crippen molar-refractivity contribution >= 4 is 29.3 Å². The molecular weight excluding hydrogens is 288 g/mol. The number of hydrogen-bond acceptors (Lipinski definition) is 4. The van der Waals surface area contributed by atoms with E-state index in [9.17, 15) is 14.7 Å². The lowest BCUT2D eigenvalue weighted by Crippen LogP contribution is -2.36. The van der Waals surface area contributed by atoms with Crippen molar-refractivity contribution in [1.82, 2.24) is 0 Å². The van der Waals surface area contributed by atoms with Crippen LogP contribution in [0.1, 0.15) is 25.8 Å². The molecule has 0 heterocycles. The number of carbonyl (C=O) groups excluding carboxylic acids is 1. The van der Waals surface area contributed by atoms with E-state index in [0.29, 0.717) is 17.7 Å². The first kappa shape index (κ1) is 17.5. The number of thioether (sulfide) groups is 1. The molecular formula is C15H22N2O3S. The van der Waals surface area contributed by atoms with Crippen LogP contribution in [0.5, 0.6) is 0 Å². The minimum Gasteiger partial charge on any atom is -0.481 e. The van der Waals surface area contributed by atoms with Gasteiger partial charge in [-0.2, -0.15) is 11.8 Å². The van der Waals surface area contributed by atoms with Crippen molar-refractivity contribution in [2.24, 2.45) is 5.73 Å². The second-order valence-corrected chi connectivity index (χ2v) is 6.37. The fourth-order valence-corrected chi connectivity index (χ4v) is 2.19. The van der Waals surface area contributed by atoms with Gasteiger partial charge in [0.1, 0.15) is 0 Å². The van der Waals surface area contributed by atoms with Gasteiger partial charge in [0.05, 0.1) is 11.5 Å². The predicted octanol–water partition coefficient (Wildman–Crippen LogP) is 2.07. The molecule has 0 radical (unpaired) electrons. The summed E-state index contributed by atoms with van der Waals surface area (Å²) in [5.74, 6) is -0.284. The van der Waals surface area contributed by atoms with Gasteiger partial charge in [-0.25, -0.2) is 0 Å². The number of carboxylic acids is 1. The maximum Gasteiger partial charge on any atom is 0.313 e. The van der Waals surface area contributed by atoms with Crippen LogP contribution in [-0.4, -0.2) is 35.0 Å². The number of benzene rings is 1. The third kappa shape index (κ3) is 4.75. The minimum absolute atomic E-state index is 0.228. The summed E-state index contributed by atoms with van der Waals surface area (Å²) in [6.45, 7) is 3.28. The normalized spacial score (nSPS) is 12.8. The molecule has 0 saturated carbocycles. The number of rotatable bonds is 7. The van der Waals surface area contributed by atoms with Crippen LogP contribution >= 0.6 is 11.8 Å². The maximum absolute atomic E-state index is 11.9.